The zero-order valence-corrected chi connectivity index (χ0v) is 14.8. The molecule has 1 aliphatic rings. The van der Waals surface area contributed by atoms with E-state index in [9.17, 15) is 0 Å². The maximum absolute atomic E-state index is 2.47. The van der Waals surface area contributed by atoms with E-state index in [0.717, 1.165) is 13.1 Å². The fraction of sp³-hybridized carbons (Fsp3) is 0.632. The summed E-state index contributed by atoms with van der Waals surface area (Å²) in [6.45, 7) is 18.2. The molecule has 0 bridgehead atoms. The third-order valence-electron chi connectivity index (χ3n) is 4.35. The van der Waals surface area contributed by atoms with Gasteiger partial charge in [0.25, 0.3) is 0 Å². The lowest BCUT2D eigenvalue weighted by Crippen LogP contribution is -2.32. The van der Waals surface area contributed by atoms with Gasteiger partial charge in [-0.05, 0) is 32.6 Å². The van der Waals surface area contributed by atoms with Crippen LogP contribution in [-0.2, 0) is 0 Å². The van der Waals surface area contributed by atoms with Crippen molar-refractivity contribution in [3.8, 4) is 0 Å². The number of anilines is 1. The summed E-state index contributed by atoms with van der Waals surface area (Å²) in [6, 6.07) is 6.80. The van der Waals surface area contributed by atoms with Gasteiger partial charge in [-0.3, -0.25) is 4.58 Å². The Morgan fingerprint density at radius 2 is 1.52 bits per heavy atom. The Morgan fingerprint density at radius 3 is 1.90 bits per heavy atom. The standard InChI is InChI=1S/C19H31N2/c1-14(2)16-9-8-10-17(15(3)4)18(16)20-11-12-21(13-20)19(5,6)7/h8-10,13-15H,11-12H2,1-7H3/q+1. The molecule has 2 rings (SSSR count). The summed E-state index contributed by atoms with van der Waals surface area (Å²) >= 11 is 0. The third-order valence-corrected chi connectivity index (χ3v) is 4.35. The van der Waals surface area contributed by atoms with Gasteiger partial charge in [0.2, 0.25) is 6.34 Å². The predicted octanol–water partition coefficient (Wildman–Crippen LogP) is 4.59. The number of nitrogens with zero attached hydrogens (tertiary/aromatic N) is 2. The average molecular weight is 287 g/mol. The molecular weight excluding hydrogens is 256 g/mol. The molecule has 0 radical (unpaired) electrons. The molecule has 0 spiro atoms. The lowest BCUT2D eigenvalue weighted by molar-refractivity contribution is -0.584. The van der Waals surface area contributed by atoms with Crippen LogP contribution >= 0.6 is 0 Å². The lowest BCUT2D eigenvalue weighted by Gasteiger charge is -2.21. The van der Waals surface area contributed by atoms with Crippen LogP contribution in [0.4, 0.5) is 5.69 Å². The molecule has 2 nitrogen and oxygen atoms in total. The van der Waals surface area contributed by atoms with Crippen molar-refractivity contribution in [1.29, 1.82) is 0 Å². The van der Waals surface area contributed by atoms with Crippen molar-refractivity contribution in [3.63, 3.8) is 0 Å². The molecule has 0 N–H and O–H groups in total. The molecule has 21 heavy (non-hydrogen) atoms. The summed E-state index contributed by atoms with van der Waals surface area (Å²) in [5.74, 6) is 1.10. The van der Waals surface area contributed by atoms with Gasteiger partial charge in [-0.1, -0.05) is 45.9 Å². The van der Waals surface area contributed by atoms with Gasteiger partial charge in [-0.25, -0.2) is 4.90 Å². The van der Waals surface area contributed by atoms with Gasteiger partial charge in [-0.15, -0.1) is 0 Å². The van der Waals surface area contributed by atoms with E-state index in [4.69, 9.17) is 0 Å². The van der Waals surface area contributed by atoms with Crippen LogP contribution in [0.2, 0.25) is 0 Å². The normalized spacial score (nSPS) is 16.0. The zero-order valence-electron chi connectivity index (χ0n) is 14.8. The summed E-state index contributed by atoms with van der Waals surface area (Å²) in [5.41, 5.74) is 4.56. The van der Waals surface area contributed by atoms with Crippen LogP contribution in [0.5, 0.6) is 0 Å². The minimum absolute atomic E-state index is 0.194. The van der Waals surface area contributed by atoms with Crippen molar-refractivity contribution in [3.05, 3.63) is 29.3 Å². The first-order valence-corrected chi connectivity index (χ1v) is 8.23. The van der Waals surface area contributed by atoms with Crippen molar-refractivity contribution >= 4 is 12.0 Å². The van der Waals surface area contributed by atoms with E-state index in [-0.39, 0.29) is 5.54 Å². The number of rotatable bonds is 3. The van der Waals surface area contributed by atoms with Crippen LogP contribution < -0.4 is 4.90 Å². The van der Waals surface area contributed by atoms with Gasteiger partial charge in [0.05, 0.1) is 5.54 Å². The first kappa shape index (κ1) is 16.1. The van der Waals surface area contributed by atoms with Crippen molar-refractivity contribution < 1.29 is 4.58 Å². The zero-order chi connectivity index (χ0) is 15.8. The van der Waals surface area contributed by atoms with Gasteiger partial charge in [0, 0.05) is 11.1 Å². The second kappa shape index (κ2) is 5.82. The predicted molar refractivity (Wildman–Crippen MR) is 92.9 cm³/mol. The topological polar surface area (TPSA) is 6.25 Å². The first-order chi connectivity index (χ1) is 9.71. The number of para-hydroxylation sites is 1. The Hall–Kier alpha value is -1.31. The largest absolute Gasteiger partial charge is 0.259 e. The minimum Gasteiger partial charge on any atom is -0.259 e. The second-order valence-electron chi connectivity index (χ2n) is 7.77. The van der Waals surface area contributed by atoms with Crippen molar-refractivity contribution in [2.45, 2.75) is 65.8 Å². The Labute approximate surface area is 130 Å². The molecule has 1 aliphatic heterocycles. The van der Waals surface area contributed by atoms with Crippen molar-refractivity contribution in [1.82, 2.24) is 0 Å². The molecule has 0 saturated carbocycles. The van der Waals surface area contributed by atoms with E-state index < -0.39 is 0 Å². The fourth-order valence-corrected chi connectivity index (χ4v) is 3.02. The number of benzene rings is 1. The number of hydrogen-bond acceptors (Lipinski definition) is 1. The molecule has 116 valence electrons. The van der Waals surface area contributed by atoms with Crippen LogP contribution in [0, 0.1) is 0 Å². The monoisotopic (exact) mass is 287 g/mol. The fourth-order valence-electron chi connectivity index (χ4n) is 3.02. The highest BCUT2D eigenvalue weighted by Crippen LogP contribution is 2.35. The van der Waals surface area contributed by atoms with E-state index in [2.05, 4.69) is 82.5 Å². The SMILES string of the molecule is CC(C)c1cccc(C(C)C)c1N1C=[N+](C(C)(C)C)CC1. The minimum atomic E-state index is 0.194. The van der Waals surface area contributed by atoms with E-state index >= 15 is 0 Å². The molecule has 0 amide bonds. The van der Waals surface area contributed by atoms with Gasteiger partial charge in [0.15, 0.2) is 0 Å². The Balaban J connectivity index is 2.51. The summed E-state index contributed by atoms with van der Waals surface area (Å²) in [5, 5.41) is 0. The summed E-state index contributed by atoms with van der Waals surface area (Å²) in [7, 11) is 0. The number of hydrogen-bond donors (Lipinski definition) is 0. The van der Waals surface area contributed by atoms with E-state index in [1.807, 2.05) is 0 Å². The second-order valence-corrected chi connectivity index (χ2v) is 7.77. The molecular formula is C19H31N2+. The molecule has 0 unspecified atom stereocenters. The van der Waals surface area contributed by atoms with Crippen LogP contribution in [0.15, 0.2) is 18.2 Å². The quantitative estimate of drug-likeness (QED) is 0.737. The van der Waals surface area contributed by atoms with Crippen molar-refractivity contribution in [2.75, 3.05) is 18.0 Å². The Kier molecular flexibility index (Phi) is 4.46. The van der Waals surface area contributed by atoms with E-state index in [1.54, 1.807) is 0 Å². The maximum Gasteiger partial charge on any atom is 0.240 e. The molecule has 0 atom stereocenters. The third kappa shape index (κ3) is 3.30. The first-order valence-electron chi connectivity index (χ1n) is 8.23. The lowest BCUT2D eigenvalue weighted by atomic mass is 9.92. The van der Waals surface area contributed by atoms with Crippen LogP contribution in [0.25, 0.3) is 0 Å². The molecule has 1 aromatic carbocycles. The van der Waals surface area contributed by atoms with Crippen LogP contribution in [0.1, 0.15) is 71.4 Å². The Bertz CT molecular complexity index is 507. The van der Waals surface area contributed by atoms with Gasteiger partial charge < -0.3 is 0 Å². The van der Waals surface area contributed by atoms with E-state index in [1.165, 1.54) is 16.8 Å². The highest BCUT2D eigenvalue weighted by molar-refractivity contribution is 5.81. The molecule has 1 aromatic rings. The summed E-state index contributed by atoms with van der Waals surface area (Å²) in [4.78, 5) is 2.47. The average Bonchev–Trinajstić information content (AvgIpc) is 2.86. The summed E-state index contributed by atoms with van der Waals surface area (Å²) < 4.78 is 2.45. The summed E-state index contributed by atoms with van der Waals surface area (Å²) in [6.07, 6.45) is 2.33. The molecule has 2 heteroatoms. The van der Waals surface area contributed by atoms with Gasteiger partial charge in [0.1, 0.15) is 18.8 Å². The maximum atomic E-state index is 2.47. The molecule has 0 saturated heterocycles. The van der Waals surface area contributed by atoms with E-state index in [0.29, 0.717) is 11.8 Å². The molecule has 1 heterocycles. The van der Waals surface area contributed by atoms with Gasteiger partial charge in [-0.2, -0.15) is 0 Å². The highest BCUT2D eigenvalue weighted by Gasteiger charge is 2.32. The van der Waals surface area contributed by atoms with Crippen LogP contribution in [0.3, 0.4) is 0 Å². The highest BCUT2D eigenvalue weighted by atomic mass is 15.3. The van der Waals surface area contributed by atoms with Crippen LogP contribution in [-0.4, -0.2) is 29.5 Å². The molecule has 0 aliphatic carbocycles. The van der Waals surface area contributed by atoms with Gasteiger partial charge >= 0.3 is 0 Å². The molecule has 0 fully saturated rings. The van der Waals surface area contributed by atoms with Crippen molar-refractivity contribution in [2.24, 2.45) is 0 Å². The Morgan fingerprint density at radius 1 is 1.00 bits per heavy atom. The smallest absolute Gasteiger partial charge is 0.240 e. The molecule has 0 aromatic heterocycles.